The van der Waals surface area contributed by atoms with E-state index in [-0.39, 0.29) is 34.1 Å². The number of pyridine rings is 1. The van der Waals surface area contributed by atoms with E-state index in [2.05, 4.69) is 9.97 Å². The number of likely N-dealkylation sites (tertiary alicyclic amines) is 1. The normalized spacial score (nSPS) is 19.3. The number of carbonyl (C=O) groups is 3. The Morgan fingerprint density at radius 2 is 1.83 bits per heavy atom. The average molecular weight is 391 g/mol. The number of amides is 1. The highest BCUT2D eigenvalue weighted by molar-refractivity contribution is 6.44. The van der Waals surface area contributed by atoms with Gasteiger partial charge in [0.15, 0.2) is 11.2 Å². The second-order valence-electron chi connectivity index (χ2n) is 7.42. The number of rotatable bonds is 4. The number of ketones is 2. The lowest BCUT2D eigenvalue weighted by Crippen LogP contribution is -2.48. The monoisotopic (exact) mass is 391 g/mol. The first kappa shape index (κ1) is 18.9. The predicted molar refractivity (Wildman–Crippen MR) is 108 cm³/mol. The van der Waals surface area contributed by atoms with Crippen LogP contribution in [0.2, 0.25) is 0 Å². The molecule has 1 amide bonds. The molecule has 0 radical (unpaired) electrons. The Labute approximate surface area is 166 Å². The standard InChI is InChI=1S/C22H21N3O4/c1-13-11-15(19(27)14-5-3-2-4-6-14)8-10-25(13)22(29)20(28)16-12-24-21-18(16)17(26)7-9-23-21/h2-7,9,12-13,15H,8,10-11H2,1H3,(H2,23,24,26). The van der Waals surface area contributed by atoms with Gasteiger partial charge in [0.1, 0.15) is 5.65 Å². The van der Waals surface area contributed by atoms with Crippen LogP contribution in [-0.2, 0) is 4.79 Å². The summed E-state index contributed by atoms with van der Waals surface area (Å²) >= 11 is 0. The summed E-state index contributed by atoms with van der Waals surface area (Å²) in [5, 5.41) is 0.188. The summed E-state index contributed by atoms with van der Waals surface area (Å²) in [7, 11) is 0. The Kier molecular flexibility index (Phi) is 4.88. The van der Waals surface area contributed by atoms with Gasteiger partial charge >= 0.3 is 0 Å². The van der Waals surface area contributed by atoms with E-state index in [1.54, 1.807) is 12.1 Å². The number of nitrogens with zero attached hydrogens (tertiary/aromatic N) is 1. The molecule has 1 aromatic carbocycles. The van der Waals surface area contributed by atoms with Gasteiger partial charge in [0, 0.05) is 42.5 Å². The zero-order valence-corrected chi connectivity index (χ0v) is 16.0. The van der Waals surface area contributed by atoms with Gasteiger partial charge in [-0.05, 0) is 19.8 Å². The minimum atomic E-state index is -0.715. The zero-order valence-electron chi connectivity index (χ0n) is 16.0. The lowest BCUT2D eigenvalue weighted by molar-refractivity contribution is -0.130. The van der Waals surface area contributed by atoms with Crippen LogP contribution in [0.5, 0.6) is 0 Å². The van der Waals surface area contributed by atoms with Crippen molar-refractivity contribution in [1.82, 2.24) is 14.9 Å². The second kappa shape index (κ2) is 7.50. The molecule has 2 N–H and O–H groups in total. The summed E-state index contributed by atoms with van der Waals surface area (Å²) in [4.78, 5) is 57.7. The van der Waals surface area contributed by atoms with E-state index < -0.39 is 11.7 Å². The van der Waals surface area contributed by atoms with Gasteiger partial charge in [-0.1, -0.05) is 30.3 Å². The summed E-state index contributed by atoms with van der Waals surface area (Å²) in [6.07, 6.45) is 3.87. The molecule has 1 aliphatic heterocycles. The van der Waals surface area contributed by atoms with Crippen LogP contribution < -0.4 is 5.43 Å². The van der Waals surface area contributed by atoms with Crippen molar-refractivity contribution in [3.05, 3.63) is 70.1 Å². The van der Waals surface area contributed by atoms with Crippen molar-refractivity contribution >= 4 is 28.5 Å². The molecule has 1 fully saturated rings. The summed E-state index contributed by atoms with van der Waals surface area (Å²) < 4.78 is 0. The lowest BCUT2D eigenvalue weighted by atomic mass is 9.85. The maximum atomic E-state index is 12.9. The predicted octanol–water partition coefficient (Wildman–Crippen LogP) is 2.55. The number of fused-ring (bicyclic) bond motifs is 1. The van der Waals surface area contributed by atoms with Gasteiger partial charge in [-0.2, -0.15) is 0 Å². The van der Waals surface area contributed by atoms with Gasteiger partial charge in [-0.25, -0.2) is 0 Å². The molecular formula is C22H21N3O4. The molecular weight excluding hydrogens is 370 g/mol. The third kappa shape index (κ3) is 3.40. The van der Waals surface area contributed by atoms with Crippen LogP contribution in [0.1, 0.15) is 40.5 Å². The fraction of sp³-hybridized carbons (Fsp3) is 0.273. The van der Waals surface area contributed by atoms with Crippen molar-refractivity contribution in [3.8, 4) is 0 Å². The molecule has 0 bridgehead atoms. The van der Waals surface area contributed by atoms with Gasteiger partial charge in [-0.15, -0.1) is 0 Å². The zero-order chi connectivity index (χ0) is 20.5. The van der Waals surface area contributed by atoms with E-state index in [0.717, 1.165) is 0 Å². The third-order valence-electron chi connectivity index (χ3n) is 5.59. The third-order valence-corrected chi connectivity index (χ3v) is 5.59. The van der Waals surface area contributed by atoms with Crippen molar-refractivity contribution in [1.29, 1.82) is 0 Å². The first-order valence-corrected chi connectivity index (χ1v) is 9.60. The topological polar surface area (TPSA) is 103 Å². The molecule has 0 saturated carbocycles. The minimum absolute atomic E-state index is 0.0686. The van der Waals surface area contributed by atoms with E-state index in [9.17, 15) is 19.2 Å². The highest BCUT2D eigenvalue weighted by atomic mass is 16.2. The fourth-order valence-electron chi connectivity index (χ4n) is 4.05. The Morgan fingerprint density at radius 3 is 2.55 bits per heavy atom. The van der Waals surface area contributed by atoms with Crippen LogP contribution in [0.25, 0.3) is 11.0 Å². The number of piperidine rings is 1. The van der Waals surface area contributed by atoms with E-state index >= 15 is 0 Å². The Hall–Kier alpha value is -3.48. The molecule has 7 heteroatoms. The van der Waals surface area contributed by atoms with Crippen molar-refractivity contribution < 1.29 is 14.4 Å². The summed E-state index contributed by atoms with van der Waals surface area (Å²) in [6, 6.07) is 10.2. The van der Waals surface area contributed by atoms with Crippen LogP contribution in [0, 0.1) is 5.92 Å². The van der Waals surface area contributed by atoms with Crippen LogP contribution in [-0.4, -0.2) is 44.9 Å². The first-order chi connectivity index (χ1) is 14.0. The van der Waals surface area contributed by atoms with Crippen LogP contribution in [0.3, 0.4) is 0 Å². The van der Waals surface area contributed by atoms with E-state index in [1.807, 2.05) is 25.1 Å². The number of aromatic nitrogens is 2. The second-order valence-corrected chi connectivity index (χ2v) is 7.42. The van der Waals surface area contributed by atoms with Gasteiger partial charge in [0.2, 0.25) is 0 Å². The molecule has 1 saturated heterocycles. The van der Waals surface area contributed by atoms with Gasteiger partial charge in [0.25, 0.3) is 11.7 Å². The molecule has 148 valence electrons. The minimum Gasteiger partial charge on any atom is -0.347 e. The van der Waals surface area contributed by atoms with Crippen LogP contribution >= 0.6 is 0 Å². The SMILES string of the molecule is CC1CC(C(=O)c2ccccc2)CCN1C(=O)C(=O)c1c[nH]c2[nH]ccc(=O)c12. The molecule has 0 spiro atoms. The van der Waals surface area contributed by atoms with Gasteiger partial charge in [0.05, 0.1) is 10.9 Å². The maximum Gasteiger partial charge on any atom is 0.295 e. The molecule has 7 nitrogen and oxygen atoms in total. The van der Waals surface area contributed by atoms with Crippen molar-refractivity contribution in [2.75, 3.05) is 6.54 Å². The van der Waals surface area contributed by atoms with Crippen molar-refractivity contribution in [2.24, 2.45) is 5.92 Å². The fourth-order valence-corrected chi connectivity index (χ4v) is 4.05. The average Bonchev–Trinajstić information content (AvgIpc) is 3.18. The molecule has 2 aromatic heterocycles. The highest BCUT2D eigenvalue weighted by Crippen LogP contribution is 2.27. The number of hydrogen-bond acceptors (Lipinski definition) is 4. The first-order valence-electron chi connectivity index (χ1n) is 9.60. The van der Waals surface area contributed by atoms with Gasteiger partial charge < -0.3 is 14.9 Å². The molecule has 3 heterocycles. The Balaban J connectivity index is 1.51. The number of Topliss-reactive ketones (excluding diaryl/α,β-unsaturated/α-hetero) is 2. The quantitative estimate of drug-likeness (QED) is 0.527. The molecule has 4 rings (SSSR count). The number of hydrogen-bond donors (Lipinski definition) is 2. The number of nitrogens with one attached hydrogen (secondary N) is 2. The summed E-state index contributed by atoms with van der Waals surface area (Å²) in [5.74, 6) is -1.47. The van der Waals surface area contributed by atoms with Crippen LogP contribution in [0.4, 0.5) is 0 Å². The molecule has 3 aromatic rings. The highest BCUT2D eigenvalue weighted by Gasteiger charge is 2.36. The van der Waals surface area contributed by atoms with E-state index in [1.165, 1.54) is 23.4 Å². The Bertz CT molecular complexity index is 1150. The molecule has 1 aliphatic rings. The number of carbonyl (C=O) groups excluding carboxylic acids is 3. The molecule has 2 atom stereocenters. The number of H-pyrrole nitrogens is 2. The van der Waals surface area contributed by atoms with Crippen molar-refractivity contribution in [3.63, 3.8) is 0 Å². The van der Waals surface area contributed by atoms with E-state index in [0.29, 0.717) is 30.6 Å². The maximum absolute atomic E-state index is 12.9. The van der Waals surface area contributed by atoms with Crippen molar-refractivity contribution in [2.45, 2.75) is 25.8 Å². The van der Waals surface area contributed by atoms with Gasteiger partial charge in [-0.3, -0.25) is 19.2 Å². The van der Waals surface area contributed by atoms with E-state index in [4.69, 9.17) is 0 Å². The number of aromatic amines is 2. The largest absolute Gasteiger partial charge is 0.347 e. The molecule has 29 heavy (non-hydrogen) atoms. The smallest absolute Gasteiger partial charge is 0.295 e. The summed E-state index contributed by atoms with van der Waals surface area (Å²) in [5.41, 5.74) is 0.824. The molecule has 2 unspecified atom stereocenters. The summed E-state index contributed by atoms with van der Waals surface area (Å²) in [6.45, 7) is 2.17. The van der Waals surface area contributed by atoms with Crippen LogP contribution in [0.15, 0.2) is 53.6 Å². The Morgan fingerprint density at radius 1 is 1.07 bits per heavy atom. The number of benzene rings is 1. The lowest BCUT2D eigenvalue weighted by Gasteiger charge is -2.36. The molecule has 0 aliphatic carbocycles.